The lowest BCUT2D eigenvalue weighted by atomic mass is 10.0. The van der Waals surface area contributed by atoms with Gasteiger partial charge in [0.05, 0.1) is 0 Å². The van der Waals surface area contributed by atoms with Crippen molar-refractivity contribution in [2.75, 3.05) is 39.3 Å². The minimum atomic E-state index is -0.628. The zero-order valence-electron chi connectivity index (χ0n) is 17.6. The number of rotatable bonds is 6. The molecular weight excluding hydrogens is 348 g/mol. The fraction of sp³-hybridized carbons (Fsp3) is 0.842. The Bertz CT molecular complexity index is 543. The highest BCUT2D eigenvalue weighted by molar-refractivity contribution is 5.68. The average molecular weight is 383 g/mol. The lowest BCUT2D eigenvalue weighted by Crippen LogP contribution is -2.48. The van der Waals surface area contributed by atoms with Gasteiger partial charge in [0.15, 0.2) is 6.19 Å². The van der Waals surface area contributed by atoms with E-state index in [1.165, 1.54) is 0 Å². The fourth-order valence-corrected chi connectivity index (χ4v) is 2.74. The van der Waals surface area contributed by atoms with Gasteiger partial charge in [-0.1, -0.05) is 0 Å². The van der Waals surface area contributed by atoms with Gasteiger partial charge < -0.3 is 24.2 Å². The van der Waals surface area contributed by atoms with Gasteiger partial charge in [-0.15, -0.1) is 0 Å². The highest BCUT2D eigenvalue weighted by Gasteiger charge is 2.29. The lowest BCUT2D eigenvalue weighted by molar-refractivity contribution is -0.00188. The Morgan fingerprint density at radius 2 is 1.67 bits per heavy atom. The second-order valence-corrected chi connectivity index (χ2v) is 8.37. The molecule has 1 saturated heterocycles. The van der Waals surface area contributed by atoms with E-state index in [0.29, 0.717) is 52.1 Å². The molecule has 154 valence electrons. The Balaban J connectivity index is 2.42. The number of ether oxygens (including phenoxy) is 2. The minimum absolute atomic E-state index is 0.324. The smallest absolute Gasteiger partial charge is 0.410 e. The zero-order valence-corrected chi connectivity index (χ0v) is 17.6. The van der Waals surface area contributed by atoms with Crippen LogP contribution in [0.15, 0.2) is 0 Å². The molecule has 8 heteroatoms. The van der Waals surface area contributed by atoms with Gasteiger partial charge in [-0.2, -0.15) is 5.26 Å². The first-order chi connectivity index (χ1) is 12.5. The van der Waals surface area contributed by atoms with Crippen LogP contribution in [0.5, 0.6) is 0 Å². The molecule has 8 nitrogen and oxygen atoms in total. The summed E-state index contributed by atoms with van der Waals surface area (Å²) in [6, 6.07) is 0. The van der Waals surface area contributed by atoms with Crippen molar-refractivity contribution in [1.29, 1.82) is 5.26 Å². The quantitative estimate of drug-likeness (QED) is 0.656. The molecule has 0 N–H and O–H groups in total. The van der Waals surface area contributed by atoms with Crippen LogP contribution in [0.4, 0.5) is 9.59 Å². The van der Waals surface area contributed by atoms with Gasteiger partial charge >= 0.3 is 12.2 Å². The van der Waals surface area contributed by atoms with Gasteiger partial charge in [0.25, 0.3) is 0 Å². The van der Waals surface area contributed by atoms with E-state index in [-0.39, 0.29) is 12.2 Å². The van der Waals surface area contributed by atoms with E-state index in [0.717, 1.165) is 0 Å². The molecule has 0 spiro atoms. The lowest BCUT2D eigenvalue weighted by Gasteiger charge is -2.34. The third kappa shape index (κ3) is 8.37. The van der Waals surface area contributed by atoms with Crippen LogP contribution >= 0.6 is 0 Å². The van der Waals surface area contributed by atoms with E-state index >= 15 is 0 Å². The number of carbonyl (C=O) groups excluding carboxylic acids is 2. The molecule has 0 radical (unpaired) electrons. The first kappa shape index (κ1) is 22.9. The second kappa shape index (κ2) is 9.67. The summed E-state index contributed by atoms with van der Waals surface area (Å²) in [5.74, 6) is 0. The maximum Gasteiger partial charge on any atom is 0.410 e. The third-order valence-corrected chi connectivity index (χ3v) is 4.28. The molecule has 2 amide bonds. The number of carbonyl (C=O) groups is 2. The zero-order chi connectivity index (χ0) is 20.7. The topological polar surface area (TPSA) is 86.1 Å². The Kier molecular flexibility index (Phi) is 8.20. The van der Waals surface area contributed by atoms with Gasteiger partial charge in [0, 0.05) is 39.3 Å². The van der Waals surface area contributed by atoms with Crippen LogP contribution in [0.3, 0.4) is 0 Å². The van der Waals surface area contributed by atoms with Crippen LogP contribution in [-0.2, 0) is 9.47 Å². The number of hydrogen-bond donors (Lipinski definition) is 0. The van der Waals surface area contributed by atoms with Gasteiger partial charge in [0.2, 0.25) is 0 Å². The number of piperazine rings is 1. The molecule has 1 rings (SSSR count). The minimum Gasteiger partial charge on any atom is -0.444 e. The second-order valence-electron chi connectivity index (χ2n) is 8.37. The number of hydrogen-bond acceptors (Lipinski definition) is 6. The SMILES string of the molecule is CCN(CCCC(C)(C)OC(=O)N1CCN(C#N)CC1)C(=O)OC(C)(C)C. The molecule has 0 atom stereocenters. The summed E-state index contributed by atoms with van der Waals surface area (Å²) < 4.78 is 11.1. The summed E-state index contributed by atoms with van der Waals surface area (Å²) in [6.45, 7) is 14.4. The van der Waals surface area contributed by atoms with E-state index < -0.39 is 11.2 Å². The first-order valence-electron chi connectivity index (χ1n) is 9.58. The van der Waals surface area contributed by atoms with Crippen molar-refractivity contribution in [1.82, 2.24) is 14.7 Å². The summed E-state index contributed by atoms with van der Waals surface area (Å²) >= 11 is 0. The predicted molar refractivity (Wildman–Crippen MR) is 102 cm³/mol. The summed E-state index contributed by atoms with van der Waals surface area (Å²) in [6.07, 6.45) is 2.76. The van der Waals surface area contributed by atoms with Gasteiger partial charge in [-0.05, 0) is 54.4 Å². The van der Waals surface area contributed by atoms with E-state index in [9.17, 15) is 9.59 Å². The van der Waals surface area contributed by atoms with Crippen LogP contribution in [0, 0.1) is 11.5 Å². The molecule has 1 fully saturated rings. The monoisotopic (exact) mass is 382 g/mol. The van der Waals surface area contributed by atoms with Crippen LogP contribution in [0.1, 0.15) is 54.4 Å². The Hall–Kier alpha value is -2.17. The van der Waals surface area contributed by atoms with Crippen molar-refractivity contribution >= 4 is 12.2 Å². The standard InChI is InChI=1S/C19H34N4O4/c1-7-22(16(24)26-18(2,3)4)10-8-9-19(5,6)27-17(25)23-13-11-21(15-20)12-14-23/h7-14H2,1-6H3. The van der Waals surface area contributed by atoms with Crippen molar-refractivity contribution in [2.45, 2.75) is 65.6 Å². The summed E-state index contributed by atoms with van der Waals surface area (Å²) in [5, 5.41) is 8.87. The predicted octanol–water partition coefficient (Wildman–Crippen LogP) is 3.04. The van der Waals surface area contributed by atoms with Gasteiger partial charge in [0.1, 0.15) is 11.2 Å². The summed E-state index contributed by atoms with van der Waals surface area (Å²) in [4.78, 5) is 29.4. The number of nitriles is 1. The van der Waals surface area contributed by atoms with Gasteiger partial charge in [-0.25, -0.2) is 9.59 Å². The van der Waals surface area contributed by atoms with Crippen molar-refractivity contribution in [3.63, 3.8) is 0 Å². The van der Waals surface area contributed by atoms with E-state index in [2.05, 4.69) is 6.19 Å². The molecule has 1 aliphatic rings. The molecule has 0 aromatic rings. The van der Waals surface area contributed by atoms with Crippen LogP contribution < -0.4 is 0 Å². The normalized spacial score (nSPS) is 15.1. The molecule has 0 aliphatic carbocycles. The van der Waals surface area contributed by atoms with Crippen molar-refractivity contribution in [3.05, 3.63) is 0 Å². The van der Waals surface area contributed by atoms with Crippen LogP contribution in [0.2, 0.25) is 0 Å². The highest BCUT2D eigenvalue weighted by Crippen LogP contribution is 2.20. The first-order valence-corrected chi connectivity index (χ1v) is 9.58. The molecule has 1 heterocycles. The van der Waals surface area contributed by atoms with E-state index in [1.807, 2.05) is 41.5 Å². The highest BCUT2D eigenvalue weighted by atomic mass is 16.6. The average Bonchev–Trinajstić information content (AvgIpc) is 2.56. The van der Waals surface area contributed by atoms with Gasteiger partial charge in [-0.3, -0.25) is 0 Å². The summed E-state index contributed by atoms with van der Waals surface area (Å²) in [7, 11) is 0. The maximum absolute atomic E-state index is 12.3. The molecule has 0 unspecified atom stereocenters. The largest absolute Gasteiger partial charge is 0.444 e. The molecule has 0 aromatic carbocycles. The molecule has 0 bridgehead atoms. The fourth-order valence-electron chi connectivity index (χ4n) is 2.74. The Morgan fingerprint density at radius 1 is 1.07 bits per heavy atom. The number of nitrogens with zero attached hydrogens (tertiary/aromatic N) is 4. The molecule has 0 aromatic heterocycles. The van der Waals surface area contributed by atoms with E-state index in [4.69, 9.17) is 14.7 Å². The van der Waals surface area contributed by atoms with Crippen molar-refractivity contribution in [3.8, 4) is 6.19 Å². The maximum atomic E-state index is 12.3. The third-order valence-electron chi connectivity index (χ3n) is 4.28. The van der Waals surface area contributed by atoms with Crippen molar-refractivity contribution in [2.24, 2.45) is 0 Å². The van der Waals surface area contributed by atoms with Crippen LogP contribution in [0.25, 0.3) is 0 Å². The van der Waals surface area contributed by atoms with E-state index in [1.54, 1.807) is 14.7 Å². The molecule has 1 aliphatic heterocycles. The Morgan fingerprint density at radius 3 is 2.15 bits per heavy atom. The number of amides is 2. The van der Waals surface area contributed by atoms with Crippen molar-refractivity contribution < 1.29 is 19.1 Å². The Labute approximate surface area is 163 Å². The molecule has 27 heavy (non-hydrogen) atoms. The van der Waals surface area contributed by atoms with Crippen LogP contribution in [-0.4, -0.2) is 77.4 Å². The molecule has 0 saturated carbocycles. The summed E-state index contributed by atoms with van der Waals surface area (Å²) in [5.41, 5.74) is -1.15. The molecular formula is C19H34N4O4.